The summed E-state index contributed by atoms with van der Waals surface area (Å²) in [5, 5.41) is 0. The van der Waals surface area contributed by atoms with Crippen LogP contribution in [0, 0.1) is 0 Å². The van der Waals surface area contributed by atoms with Crippen molar-refractivity contribution in [3.63, 3.8) is 0 Å². The molecule has 0 aromatic heterocycles. The molecule has 1 atom stereocenters. The summed E-state index contributed by atoms with van der Waals surface area (Å²) in [6.07, 6.45) is 10.5. The zero-order valence-electron chi connectivity index (χ0n) is 20.9. The summed E-state index contributed by atoms with van der Waals surface area (Å²) in [4.78, 5) is 0. The number of hydrogen-bond acceptors (Lipinski definition) is 0. The summed E-state index contributed by atoms with van der Waals surface area (Å²) < 4.78 is 0.866. The SMILES string of the molecule is [Li][CH](CCCCC)c1ccccc1.[Li][C](CCCCC)(c1ccccc1)c1ccccc1. The zero-order chi connectivity index (χ0) is 23.1. The summed E-state index contributed by atoms with van der Waals surface area (Å²) in [6.45, 7) is 4.52. The van der Waals surface area contributed by atoms with E-state index in [1.807, 2.05) is 0 Å². The van der Waals surface area contributed by atoms with Crippen molar-refractivity contribution >= 4 is 35.4 Å². The molecule has 0 bridgehead atoms. The molecule has 0 nitrogen and oxygen atoms in total. The fourth-order valence-corrected chi connectivity index (χ4v) is 4.44. The van der Waals surface area contributed by atoms with Crippen LogP contribution in [-0.4, -0.2) is 35.4 Å². The number of rotatable bonds is 11. The Morgan fingerprint density at radius 2 is 1.06 bits per heavy atom. The van der Waals surface area contributed by atoms with Crippen molar-refractivity contribution in [2.45, 2.75) is 73.9 Å². The van der Waals surface area contributed by atoms with Crippen molar-refractivity contribution < 1.29 is 0 Å². The van der Waals surface area contributed by atoms with Gasteiger partial charge in [0.25, 0.3) is 0 Å². The van der Waals surface area contributed by atoms with Gasteiger partial charge in [0, 0.05) is 0 Å². The Hall–Kier alpha value is -1.15. The second-order valence-electron chi connectivity index (χ2n) is 9.33. The quantitative estimate of drug-likeness (QED) is 0.220. The maximum absolute atomic E-state index is 2.38. The van der Waals surface area contributed by atoms with Crippen molar-refractivity contribution in [3.8, 4) is 0 Å². The van der Waals surface area contributed by atoms with Crippen LogP contribution in [0.15, 0.2) is 91.0 Å². The fraction of sp³-hybridized carbons (Fsp3) is 0.400. The third-order valence-corrected chi connectivity index (χ3v) is 6.71. The van der Waals surface area contributed by atoms with E-state index in [2.05, 4.69) is 140 Å². The van der Waals surface area contributed by atoms with E-state index in [0.717, 1.165) is 4.59 Å². The second-order valence-corrected chi connectivity index (χ2v) is 9.33. The third-order valence-electron chi connectivity index (χ3n) is 6.71. The molecule has 3 aromatic carbocycles. The predicted molar refractivity (Wildman–Crippen MR) is 143 cm³/mol. The molecule has 0 amide bonds. The van der Waals surface area contributed by atoms with Gasteiger partial charge < -0.3 is 0 Å². The summed E-state index contributed by atoms with van der Waals surface area (Å²) in [6, 6.07) is 32.7. The van der Waals surface area contributed by atoms with Gasteiger partial charge in [0.15, 0.2) is 0 Å². The van der Waals surface area contributed by atoms with E-state index >= 15 is 0 Å². The monoisotopic (exact) mass is 412 g/mol. The van der Waals surface area contributed by atoms with Crippen LogP contribution in [0.1, 0.15) is 86.5 Å². The zero-order valence-corrected chi connectivity index (χ0v) is 20.9. The Morgan fingerprint density at radius 3 is 1.53 bits per heavy atom. The Balaban J connectivity index is 0.000000244. The van der Waals surface area contributed by atoms with Crippen molar-refractivity contribution in [2.24, 2.45) is 0 Å². The molecule has 0 heterocycles. The van der Waals surface area contributed by atoms with Crippen molar-refractivity contribution in [1.82, 2.24) is 0 Å². The van der Waals surface area contributed by atoms with Crippen LogP contribution in [0.25, 0.3) is 0 Å². The van der Waals surface area contributed by atoms with Gasteiger partial charge >= 0.3 is 217 Å². The Bertz CT molecular complexity index is 791. The van der Waals surface area contributed by atoms with Crippen LogP contribution in [0.5, 0.6) is 0 Å². The van der Waals surface area contributed by atoms with Crippen LogP contribution >= 0.6 is 0 Å². The van der Waals surface area contributed by atoms with Gasteiger partial charge in [-0.25, -0.2) is 0 Å². The van der Waals surface area contributed by atoms with Gasteiger partial charge in [0.2, 0.25) is 0 Å². The second kappa shape index (κ2) is 15.6. The van der Waals surface area contributed by atoms with Crippen LogP contribution < -0.4 is 0 Å². The molecule has 0 N–H and O–H groups in total. The molecular weight excluding hydrogens is 374 g/mol. The molecule has 2 heteroatoms. The first-order chi connectivity index (χ1) is 15.6. The van der Waals surface area contributed by atoms with E-state index in [1.165, 1.54) is 68.1 Å². The summed E-state index contributed by atoms with van der Waals surface area (Å²) in [7, 11) is 0. The average Bonchev–Trinajstić information content (AvgIpc) is 2.86. The Labute approximate surface area is 216 Å². The first-order valence-electron chi connectivity index (χ1n) is 12.8. The minimum atomic E-state index is 0.137. The standard InChI is InChI=1S/C18H21.C12H17.2Li/c1-2-3-6-15-18(16-11-7-4-8-12-16)17-13-9-5-10-14-17;1-2-3-4-6-9-12-10-7-5-8-11-12;;/h4-5,7-14H,2-3,6,15H2,1H3;5,7-11H,2-4,6H2,1H3;;. The van der Waals surface area contributed by atoms with Gasteiger partial charge in [0.1, 0.15) is 0 Å². The summed E-state index contributed by atoms with van der Waals surface area (Å²) in [5.41, 5.74) is 4.34. The molecular formula is C30H38Li2. The molecule has 0 aliphatic heterocycles. The molecule has 0 saturated heterocycles. The van der Waals surface area contributed by atoms with E-state index in [9.17, 15) is 0 Å². The predicted octanol–water partition coefficient (Wildman–Crippen LogP) is 8.16. The minimum absolute atomic E-state index is 0.137. The van der Waals surface area contributed by atoms with Gasteiger partial charge in [0.05, 0.1) is 0 Å². The Kier molecular flexibility index (Phi) is 13.3. The number of benzene rings is 3. The van der Waals surface area contributed by atoms with Crippen LogP contribution in [-0.2, 0) is 4.09 Å². The van der Waals surface area contributed by atoms with Gasteiger partial charge in [-0.15, -0.1) is 0 Å². The third kappa shape index (κ3) is 9.01. The van der Waals surface area contributed by atoms with Crippen LogP contribution in [0.2, 0.25) is 0 Å². The van der Waals surface area contributed by atoms with Gasteiger partial charge in [-0.1, -0.05) is 0 Å². The molecule has 0 radical (unpaired) electrons. The average molecular weight is 413 g/mol. The van der Waals surface area contributed by atoms with E-state index in [4.69, 9.17) is 0 Å². The van der Waals surface area contributed by atoms with E-state index in [-0.39, 0.29) is 4.09 Å². The Morgan fingerprint density at radius 1 is 0.625 bits per heavy atom. The molecule has 1 unspecified atom stereocenters. The molecule has 0 aliphatic rings. The summed E-state index contributed by atoms with van der Waals surface area (Å²) in [5.74, 6) is 0. The summed E-state index contributed by atoms with van der Waals surface area (Å²) >= 11 is 4.71. The van der Waals surface area contributed by atoms with Gasteiger partial charge in [-0.05, 0) is 0 Å². The molecule has 32 heavy (non-hydrogen) atoms. The van der Waals surface area contributed by atoms with Gasteiger partial charge in [-0.3, -0.25) is 0 Å². The molecule has 0 saturated carbocycles. The van der Waals surface area contributed by atoms with E-state index < -0.39 is 0 Å². The molecule has 160 valence electrons. The topological polar surface area (TPSA) is 0 Å². The van der Waals surface area contributed by atoms with Crippen LogP contribution in [0.4, 0.5) is 0 Å². The first kappa shape index (κ1) is 27.1. The maximum atomic E-state index is 2.38. The normalized spacial score (nSPS) is 12.1. The number of hydrogen-bond donors (Lipinski definition) is 0. The molecule has 0 spiro atoms. The molecule has 3 aromatic rings. The van der Waals surface area contributed by atoms with Gasteiger partial charge in [-0.2, -0.15) is 0 Å². The van der Waals surface area contributed by atoms with E-state index in [1.54, 1.807) is 0 Å². The first-order valence-corrected chi connectivity index (χ1v) is 12.8. The van der Waals surface area contributed by atoms with E-state index in [0.29, 0.717) is 0 Å². The van der Waals surface area contributed by atoms with Crippen molar-refractivity contribution in [2.75, 3.05) is 0 Å². The molecule has 0 fully saturated rings. The molecule has 0 aliphatic carbocycles. The molecule has 3 rings (SSSR count). The number of unbranched alkanes of at least 4 members (excludes halogenated alkanes) is 4. The van der Waals surface area contributed by atoms with Crippen LogP contribution in [0.3, 0.4) is 0 Å². The van der Waals surface area contributed by atoms with Crippen molar-refractivity contribution in [3.05, 3.63) is 108 Å². The van der Waals surface area contributed by atoms with Crippen molar-refractivity contribution in [1.29, 1.82) is 0 Å². The fourth-order valence-electron chi connectivity index (χ4n) is 4.44.